The molecule has 2 aliphatic rings. The second kappa shape index (κ2) is 5.67. The topological polar surface area (TPSA) is 18.5 Å². The summed E-state index contributed by atoms with van der Waals surface area (Å²) in [6, 6.07) is 0. The van der Waals surface area contributed by atoms with Crippen LogP contribution in [0.4, 0.5) is 0 Å². The van der Waals surface area contributed by atoms with Gasteiger partial charge in [0.25, 0.3) is 0 Å². The van der Waals surface area contributed by atoms with Crippen molar-refractivity contribution in [2.45, 2.75) is 61.4 Å². The first-order chi connectivity index (χ1) is 7.36. The van der Waals surface area contributed by atoms with Crippen LogP contribution in [0.25, 0.3) is 0 Å². The predicted octanol–water partition coefficient (Wildman–Crippen LogP) is 2.67. The summed E-state index contributed by atoms with van der Waals surface area (Å²) in [5.41, 5.74) is 0. The van der Waals surface area contributed by atoms with E-state index >= 15 is 0 Å². The SMILES string of the molecule is CCOC1C2CCCCC([Se]2)C1OCC. The zero-order valence-electron chi connectivity index (χ0n) is 9.78. The van der Waals surface area contributed by atoms with E-state index in [4.69, 9.17) is 9.47 Å². The van der Waals surface area contributed by atoms with Crippen molar-refractivity contribution in [3.05, 3.63) is 0 Å². The molecule has 0 spiro atoms. The third-order valence-corrected chi connectivity index (χ3v) is 6.93. The van der Waals surface area contributed by atoms with E-state index in [-0.39, 0.29) is 0 Å². The molecule has 2 bridgehead atoms. The normalized spacial score (nSPS) is 40.4. The zero-order chi connectivity index (χ0) is 10.7. The second-order valence-corrected chi connectivity index (χ2v) is 7.45. The Kier molecular flexibility index (Phi) is 4.51. The Morgan fingerprint density at radius 3 is 1.80 bits per heavy atom. The quantitative estimate of drug-likeness (QED) is 0.736. The summed E-state index contributed by atoms with van der Waals surface area (Å²) in [6.07, 6.45) is 6.41. The van der Waals surface area contributed by atoms with Crippen LogP contribution in [-0.2, 0) is 9.47 Å². The minimum atomic E-state index is 0.417. The summed E-state index contributed by atoms with van der Waals surface area (Å²) >= 11 is 0.760. The van der Waals surface area contributed by atoms with Crippen LogP contribution in [0, 0.1) is 0 Å². The molecule has 15 heavy (non-hydrogen) atoms. The molecule has 2 heterocycles. The van der Waals surface area contributed by atoms with Gasteiger partial charge in [0.1, 0.15) is 0 Å². The van der Waals surface area contributed by atoms with Gasteiger partial charge in [-0.15, -0.1) is 0 Å². The van der Waals surface area contributed by atoms with Gasteiger partial charge in [0.15, 0.2) is 0 Å². The van der Waals surface area contributed by atoms with Crippen molar-refractivity contribution >= 4 is 15.0 Å². The van der Waals surface area contributed by atoms with E-state index < -0.39 is 0 Å². The van der Waals surface area contributed by atoms with Crippen molar-refractivity contribution in [3.8, 4) is 0 Å². The van der Waals surface area contributed by atoms with Crippen molar-refractivity contribution in [3.63, 3.8) is 0 Å². The van der Waals surface area contributed by atoms with Crippen molar-refractivity contribution in [2.75, 3.05) is 13.2 Å². The van der Waals surface area contributed by atoms with E-state index in [1.807, 2.05) is 0 Å². The van der Waals surface area contributed by atoms with Crippen LogP contribution in [0.15, 0.2) is 0 Å². The Morgan fingerprint density at radius 1 is 0.933 bits per heavy atom. The van der Waals surface area contributed by atoms with Crippen LogP contribution in [0.3, 0.4) is 0 Å². The van der Waals surface area contributed by atoms with Crippen LogP contribution in [0.5, 0.6) is 0 Å². The molecule has 88 valence electrons. The fourth-order valence-corrected chi connectivity index (χ4v) is 6.59. The van der Waals surface area contributed by atoms with E-state index in [9.17, 15) is 0 Å². The molecule has 2 aliphatic heterocycles. The Labute approximate surface area is 99.2 Å². The molecule has 0 aromatic rings. The molecule has 2 nitrogen and oxygen atoms in total. The summed E-state index contributed by atoms with van der Waals surface area (Å²) in [7, 11) is 0. The molecule has 3 heteroatoms. The Balaban J connectivity index is 2.04. The van der Waals surface area contributed by atoms with Crippen LogP contribution < -0.4 is 0 Å². The molecule has 4 atom stereocenters. The number of hydrogen-bond donors (Lipinski definition) is 0. The summed E-state index contributed by atoms with van der Waals surface area (Å²) < 4.78 is 11.9. The summed E-state index contributed by atoms with van der Waals surface area (Å²) in [4.78, 5) is 1.67. The first kappa shape index (κ1) is 11.9. The molecule has 2 saturated heterocycles. The predicted molar refractivity (Wildman–Crippen MR) is 62.6 cm³/mol. The molecular weight excluding hydrogens is 255 g/mol. The first-order valence-electron chi connectivity index (χ1n) is 6.25. The fourth-order valence-electron chi connectivity index (χ4n) is 2.75. The monoisotopic (exact) mass is 278 g/mol. The van der Waals surface area contributed by atoms with Gasteiger partial charge >= 0.3 is 99.0 Å². The van der Waals surface area contributed by atoms with Gasteiger partial charge in [-0.25, -0.2) is 0 Å². The fraction of sp³-hybridized carbons (Fsp3) is 1.00. The summed E-state index contributed by atoms with van der Waals surface area (Å²) in [6.45, 7) is 5.89. The summed E-state index contributed by atoms with van der Waals surface area (Å²) in [5.74, 6) is 0. The van der Waals surface area contributed by atoms with Crippen LogP contribution in [-0.4, -0.2) is 40.4 Å². The molecule has 0 aromatic carbocycles. The molecule has 2 fully saturated rings. The minimum absolute atomic E-state index is 0.417. The third-order valence-electron chi connectivity index (χ3n) is 3.35. The van der Waals surface area contributed by atoms with Gasteiger partial charge in [0.2, 0.25) is 0 Å². The molecule has 0 amide bonds. The molecule has 0 aromatic heterocycles. The molecule has 0 radical (unpaired) electrons. The van der Waals surface area contributed by atoms with Crippen molar-refractivity contribution < 1.29 is 9.47 Å². The van der Waals surface area contributed by atoms with Crippen LogP contribution in [0.1, 0.15) is 39.5 Å². The Bertz CT molecular complexity index is 178. The van der Waals surface area contributed by atoms with Crippen molar-refractivity contribution in [2.24, 2.45) is 0 Å². The number of hydrogen-bond acceptors (Lipinski definition) is 2. The van der Waals surface area contributed by atoms with Gasteiger partial charge in [0, 0.05) is 0 Å². The first-order valence-corrected chi connectivity index (χ1v) is 8.23. The van der Waals surface area contributed by atoms with Gasteiger partial charge in [-0.1, -0.05) is 0 Å². The third kappa shape index (κ3) is 2.58. The van der Waals surface area contributed by atoms with Gasteiger partial charge in [0.05, 0.1) is 0 Å². The molecule has 4 unspecified atom stereocenters. The maximum absolute atomic E-state index is 5.93. The van der Waals surface area contributed by atoms with Crippen LogP contribution in [0.2, 0.25) is 9.63 Å². The van der Waals surface area contributed by atoms with Gasteiger partial charge in [-0.2, -0.15) is 0 Å². The average molecular weight is 277 g/mol. The van der Waals surface area contributed by atoms with E-state index in [1.54, 1.807) is 0 Å². The van der Waals surface area contributed by atoms with Gasteiger partial charge in [-0.05, 0) is 0 Å². The number of ether oxygens (including phenoxy) is 2. The van der Waals surface area contributed by atoms with Gasteiger partial charge in [-0.3, -0.25) is 0 Å². The number of rotatable bonds is 4. The van der Waals surface area contributed by atoms with Gasteiger partial charge < -0.3 is 0 Å². The maximum atomic E-state index is 5.93. The average Bonchev–Trinajstić information content (AvgIpc) is 2.43. The summed E-state index contributed by atoms with van der Waals surface area (Å²) in [5, 5.41) is 0. The Hall–Kier alpha value is 0.439. The van der Waals surface area contributed by atoms with E-state index in [1.165, 1.54) is 25.7 Å². The van der Waals surface area contributed by atoms with E-state index in [2.05, 4.69) is 13.8 Å². The molecule has 0 saturated carbocycles. The standard InChI is InChI=1S/C12H22O2Se/c1-3-13-11-9-7-5-6-8-10(15-9)12(11)14-4-2/h9-12H,3-8H2,1-2H3. The second-order valence-electron chi connectivity index (χ2n) is 4.34. The van der Waals surface area contributed by atoms with E-state index in [0.717, 1.165) is 37.8 Å². The zero-order valence-corrected chi connectivity index (χ0v) is 11.5. The molecule has 2 rings (SSSR count). The van der Waals surface area contributed by atoms with Crippen molar-refractivity contribution in [1.82, 2.24) is 0 Å². The molecule has 0 N–H and O–H groups in total. The number of fused-ring (bicyclic) bond motifs is 2. The molecular formula is C12H22O2Se. The molecule has 0 aliphatic carbocycles. The van der Waals surface area contributed by atoms with Crippen molar-refractivity contribution in [1.29, 1.82) is 0 Å². The Morgan fingerprint density at radius 2 is 1.40 bits per heavy atom. The van der Waals surface area contributed by atoms with Crippen LogP contribution >= 0.6 is 0 Å². The van der Waals surface area contributed by atoms with E-state index in [0.29, 0.717) is 12.2 Å².